The van der Waals surface area contributed by atoms with Crippen LogP contribution in [-0.2, 0) is 10.0 Å². The fourth-order valence-corrected chi connectivity index (χ4v) is 5.94. The topological polar surface area (TPSA) is 37.4 Å². The lowest BCUT2D eigenvalue weighted by molar-refractivity contribution is 0.297. The van der Waals surface area contributed by atoms with E-state index in [1.807, 2.05) is 6.07 Å². The third-order valence-electron chi connectivity index (χ3n) is 3.61. The molecule has 2 rings (SSSR count). The molecule has 6 heteroatoms. The normalized spacial score (nSPS) is 24.6. The van der Waals surface area contributed by atoms with Gasteiger partial charge in [0.05, 0.1) is 4.90 Å². The number of sulfonamides is 1. The average Bonchev–Trinajstić information content (AvgIpc) is 2.39. The summed E-state index contributed by atoms with van der Waals surface area (Å²) in [6, 6.07) is 7.00. The quantitative estimate of drug-likeness (QED) is 0.711. The number of hydrogen-bond donors (Lipinski definition) is 0. The molecule has 0 bridgehead atoms. The van der Waals surface area contributed by atoms with Crippen molar-refractivity contribution in [3.8, 4) is 0 Å². The molecule has 1 aromatic carbocycles. The lowest BCUT2D eigenvalue weighted by Gasteiger charge is -2.34. The molecule has 0 heterocycles. The minimum absolute atomic E-state index is 0.0332. The van der Waals surface area contributed by atoms with Crippen molar-refractivity contribution in [3.05, 3.63) is 28.7 Å². The number of nitrogens with zero attached hydrogens (tertiary/aromatic N) is 1. The molecule has 0 aromatic heterocycles. The number of halogens is 2. The fraction of sp³-hybridized carbons (Fsp3) is 0.538. The number of benzene rings is 1. The minimum atomic E-state index is -3.45. The smallest absolute Gasteiger partial charge is 0.207 e. The predicted molar refractivity (Wildman–Crippen MR) is 84.1 cm³/mol. The van der Waals surface area contributed by atoms with Crippen molar-refractivity contribution in [2.45, 2.75) is 41.4 Å². The van der Waals surface area contributed by atoms with Crippen LogP contribution in [0.15, 0.2) is 33.6 Å². The van der Waals surface area contributed by atoms with Gasteiger partial charge in [-0.3, -0.25) is 0 Å². The molecule has 1 saturated carbocycles. The maximum absolute atomic E-state index is 12.7. The van der Waals surface area contributed by atoms with Crippen LogP contribution in [0.25, 0.3) is 0 Å². The molecule has 19 heavy (non-hydrogen) atoms. The number of hydrogen-bond acceptors (Lipinski definition) is 2. The Balaban J connectivity index is 2.31. The Morgan fingerprint density at radius 1 is 1.21 bits per heavy atom. The van der Waals surface area contributed by atoms with E-state index >= 15 is 0 Å². The lowest BCUT2D eigenvalue weighted by atomic mass is 9.96. The van der Waals surface area contributed by atoms with Crippen LogP contribution < -0.4 is 0 Å². The first-order valence-corrected chi connectivity index (χ1v) is 9.46. The maximum atomic E-state index is 12.7. The zero-order chi connectivity index (χ0) is 14.0. The average molecular weight is 411 g/mol. The molecule has 3 nitrogen and oxygen atoms in total. The molecule has 2 unspecified atom stereocenters. The van der Waals surface area contributed by atoms with Crippen LogP contribution >= 0.6 is 31.9 Å². The van der Waals surface area contributed by atoms with Gasteiger partial charge in [-0.1, -0.05) is 40.9 Å². The first kappa shape index (κ1) is 15.5. The van der Waals surface area contributed by atoms with Crippen molar-refractivity contribution in [2.75, 3.05) is 7.05 Å². The summed E-state index contributed by atoms with van der Waals surface area (Å²) in [5, 5.41) is 0. The maximum Gasteiger partial charge on any atom is 0.244 e. The highest BCUT2D eigenvalue weighted by Gasteiger charge is 2.34. The standard InChI is InChI=1S/C13H17Br2NO2S/c1-16(12-8-4-2-6-10(12)14)19(17,18)13-9-5-3-7-11(13)15/h3,5,7,9-10,12H,2,4,6,8H2,1H3. The molecule has 0 aliphatic heterocycles. The second-order valence-corrected chi connectivity index (χ2v) is 8.82. The summed E-state index contributed by atoms with van der Waals surface area (Å²) in [7, 11) is -1.77. The summed E-state index contributed by atoms with van der Waals surface area (Å²) < 4.78 is 27.5. The largest absolute Gasteiger partial charge is 0.244 e. The van der Waals surface area contributed by atoms with E-state index in [2.05, 4.69) is 31.9 Å². The van der Waals surface area contributed by atoms with Crippen molar-refractivity contribution in [1.29, 1.82) is 0 Å². The summed E-state index contributed by atoms with van der Waals surface area (Å²) in [4.78, 5) is 0.575. The molecule has 1 aromatic rings. The van der Waals surface area contributed by atoms with Crippen molar-refractivity contribution in [2.24, 2.45) is 0 Å². The molecule has 2 atom stereocenters. The van der Waals surface area contributed by atoms with Gasteiger partial charge in [0, 0.05) is 22.4 Å². The minimum Gasteiger partial charge on any atom is -0.207 e. The van der Waals surface area contributed by atoms with Gasteiger partial charge in [-0.2, -0.15) is 4.31 Å². The van der Waals surface area contributed by atoms with E-state index in [0.29, 0.717) is 9.37 Å². The van der Waals surface area contributed by atoms with Gasteiger partial charge < -0.3 is 0 Å². The third-order valence-corrected chi connectivity index (χ3v) is 7.57. The van der Waals surface area contributed by atoms with Gasteiger partial charge in [-0.05, 0) is 40.9 Å². The monoisotopic (exact) mass is 409 g/mol. The van der Waals surface area contributed by atoms with E-state index in [1.165, 1.54) is 4.31 Å². The molecular formula is C13H17Br2NO2S. The van der Waals surface area contributed by atoms with Gasteiger partial charge in [0.1, 0.15) is 0 Å². The van der Waals surface area contributed by atoms with E-state index in [1.54, 1.807) is 25.2 Å². The van der Waals surface area contributed by atoms with Gasteiger partial charge >= 0.3 is 0 Å². The summed E-state index contributed by atoms with van der Waals surface area (Å²) >= 11 is 6.94. The first-order valence-electron chi connectivity index (χ1n) is 6.31. The van der Waals surface area contributed by atoms with Crippen LogP contribution in [0.3, 0.4) is 0 Å². The summed E-state index contributed by atoms with van der Waals surface area (Å²) in [5.41, 5.74) is 0. The molecule has 0 spiro atoms. The molecule has 0 N–H and O–H groups in total. The number of rotatable bonds is 3. The predicted octanol–water partition coefficient (Wildman–Crippen LogP) is 3.78. The van der Waals surface area contributed by atoms with Gasteiger partial charge in [0.15, 0.2) is 0 Å². The SMILES string of the molecule is CN(C1CCCCC1Br)S(=O)(=O)c1ccccc1Br. The zero-order valence-electron chi connectivity index (χ0n) is 10.7. The Hall–Kier alpha value is 0.0900. The van der Waals surface area contributed by atoms with E-state index in [9.17, 15) is 8.42 Å². The van der Waals surface area contributed by atoms with Crippen LogP contribution in [0.1, 0.15) is 25.7 Å². The highest BCUT2D eigenvalue weighted by Crippen LogP contribution is 2.32. The summed E-state index contributed by atoms with van der Waals surface area (Å²) in [6.45, 7) is 0. The summed E-state index contributed by atoms with van der Waals surface area (Å²) in [5.74, 6) is 0. The lowest BCUT2D eigenvalue weighted by Crippen LogP contribution is -2.44. The Morgan fingerprint density at radius 2 is 1.84 bits per heavy atom. The molecule has 1 aliphatic carbocycles. The van der Waals surface area contributed by atoms with Crippen LogP contribution in [0.4, 0.5) is 0 Å². The molecule has 1 fully saturated rings. The molecular weight excluding hydrogens is 394 g/mol. The Labute approximate surface area is 131 Å². The van der Waals surface area contributed by atoms with Crippen LogP contribution in [-0.4, -0.2) is 30.6 Å². The van der Waals surface area contributed by atoms with Crippen molar-refractivity contribution < 1.29 is 8.42 Å². The second-order valence-electron chi connectivity index (χ2n) is 4.82. The highest BCUT2D eigenvalue weighted by atomic mass is 79.9. The van der Waals surface area contributed by atoms with Gasteiger partial charge in [-0.25, -0.2) is 8.42 Å². The van der Waals surface area contributed by atoms with Crippen LogP contribution in [0.2, 0.25) is 0 Å². The Bertz CT molecular complexity index is 547. The Morgan fingerprint density at radius 3 is 2.47 bits per heavy atom. The van der Waals surface area contributed by atoms with Crippen molar-refractivity contribution in [1.82, 2.24) is 4.31 Å². The molecule has 1 aliphatic rings. The molecule has 0 radical (unpaired) electrons. The van der Waals surface area contributed by atoms with E-state index < -0.39 is 10.0 Å². The number of alkyl halides is 1. The third kappa shape index (κ3) is 3.23. The second kappa shape index (κ2) is 6.24. The van der Waals surface area contributed by atoms with Gasteiger partial charge in [0.25, 0.3) is 0 Å². The Kier molecular flexibility index (Phi) is 5.09. The van der Waals surface area contributed by atoms with E-state index in [0.717, 1.165) is 25.7 Å². The van der Waals surface area contributed by atoms with E-state index in [-0.39, 0.29) is 10.9 Å². The van der Waals surface area contributed by atoms with Crippen molar-refractivity contribution in [3.63, 3.8) is 0 Å². The van der Waals surface area contributed by atoms with Crippen molar-refractivity contribution >= 4 is 41.9 Å². The molecule has 0 saturated heterocycles. The van der Waals surface area contributed by atoms with Crippen LogP contribution in [0.5, 0.6) is 0 Å². The molecule has 0 amide bonds. The first-order chi connectivity index (χ1) is 8.94. The highest BCUT2D eigenvalue weighted by molar-refractivity contribution is 9.10. The van der Waals surface area contributed by atoms with E-state index in [4.69, 9.17) is 0 Å². The molecule has 106 valence electrons. The van der Waals surface area contributed by atoms with Gasteiger partial charge in [-0.15, -0.1) is 0 Å². The zero-order valence-corrected chi connectivity index (χ0v) is 14.7. The fourth-order valence-electron chi connectivity index (χ4n) is 2.46. The van der Waals surface area contributed by atoms with Gasteiger partial charge in [0.2, 0.25) is 10.0 Å². The summed E-state index contributed by atoms with van der Waals surface area (Å²) in [6.07, 6.45) is 4.19. The van der Waals surface area contributed by atoms with Crippen LogP contribution in [0, 0.1) is 0 Å².